The summed E-state index contributed by atoms with van der Waals surface area (Å²) in [7, 11) is 0. The Labute approximate surface area is 97.4 Å². The highest BCUT2D eigenvalue weighted by Crippen LogP contribution is 2.30. The van der Waals surface area contributed by atoms with E-state index in [2.05, 4.69) is 0 Å². The van der Waals surface area contributed by atoms with Gasteiger partial charge in [-0.3, -0.25) is 9.59 Å². The minimum Gasteiger partial charge on any atom is -0.481 e. The van der Waals surface area contributed by atoms with Gasteiger partial charge in [-0.25, -0.2) is 0 Å². The average Bonchev–Trinajstić information content (AvgIpc) is 2.61. The Balaban J connectivity index is 2.29. The number of anilines is 1. The third-order valence-electron chi connectivity index (χ3n) is 2.65. The predicted octanol–water partition coefficient (Wildman–Crippen LogP) is 1.78. The molecular weight excluding hydrogens is 230 g/mol. The molecule has 0 radical (unpaired) electrons. The lowest BCUT2D eigenvalue weighted by atomic mass is 10.1. The molecular formula is C11H10ClNO3. The number of nitrogens with zero attached hydrogens (tertiary/aromatic N) is 1. The lowest BCUT2D eigenvalue weighted by molar-refractivity contribution is -0.144. The van der Waals surface area contributed by atoms with Gasteiger partial charge < -0.3 is 10.0 Å². The number of para-hydroxylation sites is 1. The van der Waals surface area contributed by atoms with Gasteiger partial charge in [-0.2, -0.15) is 0 Å². The van der Waals surface area contributed by atoms with Crippen LogP contribution in [0.25, 0.3) is 0 Å². The second-order valence-corrected chi connectivity index (χ2v) is 4.03. The zero-order chi connectivity index (χ0) is 11.7. The van der Waals surface area contributed by atoms with Gasteiger partial charge >= 0.3 is 5.97 Å². The number of benzene rings is 1. The molecule has 1 heterocycles. The number of carboxylic acids is 1. The molecule has 1 saturated heterocycles. The predicted molar refractivity (Wildman–Crippen MR) is 59.5 cm³/mol. The van der Waals surface area contributed by atoms with Gasteiger partial charge in [-0.05, 0) is 18.6 Å². The number of carbonyl (C=O) groups is 2. The number of hydrogen-bond donors (Lipinski definition) is 1. The maximum absolute atomic E-state index is 11.8. The fourth-order valence-corrected chi connectivity index (χ4v) is 2.06. The molecule has 1 aromatic rings. The number of hydrogen-bond acceptors (Lipinski definition) is 2. The molecule has 0 spiro atoms. The number of rotatable bonds is 2. The number of amides is 1. The Kier molecular flexibility index (Phi) is 2.83. The summed E-state index contributed by atoms with van der Waals surface area (Å²) in [6.45, 7) is 0.402. The van der Waals surface area contributed by atoms with E-state index in [0.29, 0.717) is 23.7 Å². The van der Waals surface area contributed by atoms with Crippen LogP contribution in [0, 0.1) is 5.92 Å². The number of carbonyl (C=O) groups excluding carboxylic acids is 1. The van der Waals surface area contributed by atoms with Crippen molar-refractivity contribution in [2.75, 3.05) is 11.4 Å². The van der Waals surface area contributed by atoms with Crippen LogP contribution in [-0.2, 0) is 9.59 Å². The fourth-order valence-electron chi connectivity index (χ4n) is 1.82. The van der Waals surface area contributed by atoms with E-state index >= 15 is 0 Å². The first-order valence-electron chi connectivity index (χ1n) is 4.90. The van der Waals surface area contributed by atoms with Gasteiger partial charge in [0, 0.05) is 6.54 Å². The molecule has 2 rings (SSSR count). The largest absolute Gasteiger partial charge is 0.481 e. The zero-order valence-corrected chi connectivity index (χ0v) is 9.15. The van der Waals surface area contributed by atoms with Crippen molar-refractivity contribution in [2.24, 2.45) is 5.92 Å². The molecule has 1 amide bonds. The first kappa shape index (κ1) is 11.0. The molecule has 1 fully saturated rings. The number of aliphatic carboxylic acids is 1. The van der Waals surface area contributed by atoms with Crippen LogP contribution in [0.15, 0.2) is 24.3 Å². The molecule has 84 valence electrons. The van der Waals surface area contributed by atoms with E-state index in [9.17, 15) is 9.59 Å². The molecule has 1 aromatic carbocycles. The maximum atomic E-state index is 11.8. The van der Waals surface area contributed by atoms with Crippen LogP contribution >= 0.6 is 11.6 Å². The Morgan fingerprint density at radius 2 is 2.12 bits per heavy atom. The first-order valence-corrected chi connectivity index (χ1v) is 5.28. The molecule has 0 bridgehead atoms. The van der Waals surface area contributed by atoms with Crippen LogP contribution in [-0.4, -0.2) is 23.5 Å². The minimum absolute atomic E-state index is 0.333. The summed E-state index contributed by atoms with van der Waals surface area (Å²) < 4.78 is 0. The second kappa shape index (κ2) is 4.14. The monoisotopic (exact) mass is 239 g/mol. The van der Waals surface area contributed by atoms with Gasteiger partial charge in [0.1, 0.15) is 5.92 Å². The zero-order valence-electron chi connectivity index (χ0n) is 8.39. The summed E-state index contributed by atoms with van der Waals surface area (Å²) in [4.78, 5) is 24.0. The molecule has 5 heteroatoms. The highest BCUT2D eigenvalue weighted by atomic mass is 35.5. The van der Waals surface area contributed by atoms with E-state index in [1.807, 2.05) is 0 Å². The van der Waals surface area contributed by atoms with Crippen LogP contribution in [0.2, 0.25) is 5.02 Å². The van der Waals surface area contributed by atoms with E-state index in [0.717, 1.165) is 0 Å². The molecule has 4 nitrogen and oxygen atoms in total. The lowest BCUT2D eigenvalue weighted by Crippen LogP contribution is -2.30. The Hall–Kier alpha value is -1.55. The van der Waals surface area contributed by atoms with E-state index in [1.54, 1.807) is 24.3 Å². The third-order valence-corrected chi connectivity index (χ3v) is 2.97. The van der Waals surface area contributed by atoms with E-state index in [1.165, 1.54) is 4.90 Å². The molecule has 1 aliphatic heterocycles. The average molecular weight is 240 g/mol. The van der Waals surface area contributed by atoms with E-state index in [4.69, 9.17) is 16.7 Å². The van der Waals surface area contributed by atoms with Gasteiger partial charge in [-0.1, -0.05) is 23.7 Å². The summed E-state index contributed by atoms with van der Waals surface area (Å²) in [5.74, 6) is -2.39. The van der Waals surface area contributed by atoms with Gasteiger partial charge in [-0.15, -0.1) is 0 Å². The first-order chi connectivity index (χ1) is 7.61. The molecule has 0 saturated carbocycles. The summed E-state index contributed by atoms with van der Waals surface area (Å²) >= 11 is 5.96. The summed E-state index contributed by atoms with van der Waals surface area (Å²) in [6, 6.07) is 6.92. The van der Waals surface area contributed by atoms with Crippen molar-refractivity contribution in [3.63, 3.8) is 0 Å². The highest BCUT2D eigenvalue weighted by Gasteiger charge is 2.38. The maximum Gasteiger partial charge on any atom is 0.316 e. The number of halogens is 1. The van der Waals surface area contributed by atoms with Gasteiger partial charge in [0.2, 0.25) is 5.91 Å². The number of carboxylic acid groups (broad SMARTS) is 1. The van der Waals surface area contributed by atoms with Crippen LogP contribution < -0.4 is 4.90 Å². The molecule has 1 aliphatic rings. The van der Waals surface area contributed by atoms with Gasteiger partial charge in [0.25, 0.3) is 0 Å². The highest BCUT2D eigenvalue weighted by molar-refractivity contribution is 6.34. The van der Waals surface area contributed by atoms with E-state index < -0.39 is 11.9 Å². The fraction of sp³-hybridized carbons (Fsp3) is 0.273. The SMILES string of the molecule is O=C(O)C1CCN(c2ccccc2Cl)C1=O. The van der Waals surface area contributed by atoms with Crippen molar-refractivity contribution >= 4 is 29.2 Å². The van der Waals surface area contributed by atoms with Crippen LogP contribution in [0.1, 0.15) is 6.42 Å². The van der Waals surface area contributed by atoms with Crippen molar-refractivity contribution in [2.45, 2.75) is 6.42 Å². The third kappa shape index (κ3) is 1.76. The van der Waals surface area contributed by atoms with Crippen LogP contribution in [0.3, 0.4) is 0 Å². The van der Waals surface area contributed by atoms with Crippen molar-refractivity contribution in [1.82, 2.24) is 0 Å². The van der Waals surface area contributed by atoms with Crippen molar-refractivity contribution in [3.05, 3.63) is 29.3 Å². The summed E-state index contributed by atoms with van der Waals surface area (Å²) in [5, 5.41) is 9.30. The van der Waals surface area contributed by atoms with Gasteiger partial charge in [0.15, 0.2) is 0 Å². The smallest absolute Gasteiger partial charge is 0.316 e. The molecule has 1 unspecified atom stereocenters. The summed E-state index contributed by atoms with van der Waals surface area (Å²) in [6.07, 6.45) is 0.333. The Morgan fingerprint density at radius 3 is 2.69 bits per heavy atom. The molecule has 0 aliphatic carbocycles. The molecule has 1 N–H and O–H groups in total. The Morgan fingerprint density at radius 1 is 1.44 bits per heavy atom. The van der Waals surface area contributed by atoms with Crippen LogP contribution in [0.4, 0.5) is 5.69 Å². The topological polar surface area (TPSA) is 57.6 Å². The quantitative estimate of drug-likeness (QED) is 0.801. The molecule has 1 atom stereocenters. The second-order valence-electron chi connectivity index (χ2n) is 3.62. The van der Waals surface area contributed by atoms with Crippen LogP contribution in [0.5, 0.6) is 0 Å². The van der Waals surface area contributed by atoms with Crippen molar-refractivity contribution in [1.29, 1.82) is 0 Å². The van der Waals surface area contributed by atoms with Crippen molar-refractivity contribution < 1.29 is 14.7 Å². The minimum atomic E-state index is -1.07. The van der Waals surface area contributed by atoms with E-state index in [-0.39, 0.29) is 5.91 Å². The molecule has 16 heavy (non-hydrogen) atoms. The molecule has 0 aromatic heterocycles. The summed E-state index contributed by atoms with van der Waals surface area (Å²) in [5.41, 5.74) is 0.581. The van der Waals surface area contributed by atoms with Gasteiger partial charge in [0.05, 0.1) is 10.7 Å². The standard InChI is InChI=1S/C11H10ClNO3/c12-8-3-1-2-4-9(8)13-6-5-7(10(13)14)11(15)16/h1-4,7H,5-6H2,(H,15,16). The Bertz CT molecular complexity index is 447. The van der Waals surface area contributed by atoms with Crippen molar-refractivity contribution in [3.8, 4) is 0 Å². The lowest BCUT2D eigenvalue weighted by Gasteiger charge is -2.17. The normalized spacial score (nSPS) is 20.2.